The summed E-state index contributed by atoms with van der Waals surface area (Å²) in [5.74, 6) is 2.67. The smallest absolute Gasteiger partial charge is 0.298 e. The van der Waals surface area contributed by atoms with E-state index in [0.717, 1.165) is 4.88 Å². The van der Waals surface area contributed by atoms with Gasteiger partial charge in [0.1, 0.15) is 11.9 Å². The van der Waals surface area contributed by atoms with E-state index in [1.54, 1.807) is 11.3 Å². The quantitative estimate of drug-likeness (QED) is 0.801. The Balaban J connectivity index is 2.34. The Morgan fingerprint density at radius 3 is 2.74 bits per heavy atom. The van der Waals surface area contributed by atoms with E-state index in [1.807, 2.05) is 6.07 Å². The van der Waals surface area contributed by atoms with Crippen LogP contribution in [0.25, 0.3) is 0 Å². The summed E-state index contributed by atoms with van der Waals surface area (Å²) in [7, 11) is 0. The fourth-order valence-electron chi connectivity index (χ4n) is 1.99. The number of amidine groups is 1. The molecule has 0 aliphatic carbocycles. The zero-order valence-electron chi connectivity index (χ0n) is 11.3. The van der Waals surface area contributed by atoms with Crippen molar-refractivity contribution in [1.29, 1.82) is 5.41 Å². The summed E-state index contributed by atoms with van der Waals surface area (Å²) in [5, 5.41) is 10.4. The molecule has 2 N–H and O–H groups in total. The van der Waals surface area contributed by atoms with Crippen LogP contribution in [0.1, 0.15) is 36.6 Å². The lowest BCUT2D eigenvalue weighted by Gasteiger charge is -2.19. The molecule has 2 rings (SSSR count). The summed E-state index contributed by atoms with van der Waals surface area (Å²) in [6.45, 7) is 6.64. The van der Waals surface area contributed by atoms with E-state index in [-0.39, 0.29) is 29.9 Å². The summed E-state index contributed by atoms with van der Waals surface area (Å²) in [6, 6.07) is 3.38. The molecule has 100 valence electrons. The molecule has 19 heavy (non-hydrogen) atoms. The molecule has 2 amide bonds. The molecular formula is C14H17N3OS. The first-order valence-corrected chi connectivity index (χ1v) is 6.86. The van der Waals surface area contributed by atoms with Crippen LogP contribution in [-0.2, 0) is 5.41 Å². The predicted octanol–water partition coefficient (Wildman–Crippen LogP) is 2.72. The third kappa shape index (κ3) is 2.49. The number of urea groups is 1. The molecule has 4 nitrogen and oxygen atoms in total. The molecular weight excluding hydrogens is 258 g/mol. The van der Waals surface area contributed by atoms with Crippen molar-refractivity contribution in [2.75, 3.05) is 6.54 Å². The van der Waals surface area contributed by atoms with E-state index in [9.17, 15) is 4.79 Å². The monoisotopic (exact) mass is 275 g/mol. The second-order valence-electron chi connectivity index (χ2n) is 5.53. The van der Waals surface area contributed by atoms with Crippen molar-refractivity contribution in [2.24, 2.45) is 0 Å². The molecule has 1 aliphatic rings. The van der Waals surface area contributed by atoms with Gasteiger partial charge < -0.3 is 0 Å². The van der Waals surface area contributed by atoms with Crippen molar-refractivity contribution in [3.05, 3.63) is 21.9 Å². The number of nitrogens with zero attached hydrogens (tertiary/aromatic N) is 1. The van der Waals surface area contributed by atoms with Gasteiger partial charge in [0, 0.05) is 9.75 Å². The van der Waals surface area contributed by atoms with Gasteiger partial charge in [-0.2, -0.15) is 0 Å². The highest BCUT2D eigenvalue weighted by Gasteiger charge is 2.37. The van der Waals surface area contributed by atoms with E-state index in [0.29, 0.717) is 0 Å². The van der Waals surface area contributed by atoms with E-state index in [2.05, 4.69) is 38.1 Å². The SMILES string of the molecule is C#CCN1C(=O)NC(=N)C1c1ccc(C(C)(C)C)s1. The number of hydrogen-bond acceptors (Lipinski definition) is 3. The molecule has 1 unspecified atom stereocenters. The first-order valence-electron chi connectivity index (χ1n) is 6.04. The summed E-state index contributed by atoms with van der Waals surface area (Å²) in [4.78, 5) is 15.5. The number of rotatable bonds is 2. The number of thiophene rings is 1. The van der Waals surface area contributed by atoms with E-state index < -0.39 is 0 Å². The van der Waals surface area contributed by atoms with E-state index >= 15 is 0 Å². The standard InChI is InChI=1S/C14H17N3OS/c1-5-8-17-11(12(15)16-13(17)18)9-6-7-10(19-9)14(2,3)4/h1,6-7,11H,8H2,2-4H3,(H2,15,16,18). The third-order valence-electron chi connectivity index (χ3n) is 2.98. The zero-order chi connectivity index (χ0) is 14.2. The molecule has 1 fully saturated rings. The van der Waals surface area contributed by atoms with Crippen LogP contribution >= 0.6 is 11.3 Å². The second-order valence-corrected chi connectivity index (χ2v) is 6.65. The van der Waals surface area contributed by atoms with E-state index in [4.69, 9.17) is 11.8 Å². The number of hydrogen-bond donors (Lipinski definition) is 2. The number of terminal acetylenes is 1. The van der Waals surface area contributed by atoms with Gasteiger partial charge >= 0.3 is 6.03 Å². The summed E-state index contributed by atoms with van der Waals surface area (Å²) in [5.41, 5.74) is 0.0676. The number of carbonyl (C=O) groups excluding carboxylic acids is 1. The van der Waals surface area contributed by atoms with Gasteiger partial charge in [-0.25, -0.2) is 4.79 Å². The highest BCUT2D eigenvalue weighted by atomic mass is 32.1. The average Bonchev–Trinajstić information content (AvgIpc) is 2.85. The molecule has 0 aromatic carbocycles. The van der Waals surface area contributed by atoms with Crippen molar-refractivity contribution in [1.82, 2.24) is 10.2 Å². The van der Waals surface area contributed by atoms with Crippen LogP contribution in [0, 0.1) is 17.8 Å². The highest BCUT2D eigenvalue weighted by Crippen LogP contribution is 2.36. The molecule has 0 radical (unpaired) electrons. The van der Waals surface area contributed by atoms with Gasteiger partial charge in [-0.1, -0.05) is 26.7 Å². The normalized spacial score (nSPS) is 19.5. The largest absolute Gasteiger partial charge is 0.324 e. The molecule has 0 spiro atoms. The average molecular weight is 275 g/mol. The fourth-order valence-corrected chi connectivity index (χ4v) is 3.18. The Bertz CT molecular complexity index is 562. The number of amides is 2. The Labute approximate surface area is 117 Å². The molecule has 0 saturated carbocycles. The van der Waals surface area contributed by atoms with Crippen LogP contribution in [0.4, 0.5) is 4.79 Å². The van der Waals surface area contributed by atoms with Crippen molar-refractivity contribution in [3.8, 4) is 12.3 Å². The van der Waals surface area contributed by atoms with Crippen LogP contribution in [0.2, 0.25) is 0 Å². The Morgan fingerprint density at radius 1 is 1.53 bits per heavy atom. The van der Waals surface area contributed by atoms with Gasteiger partial charge in [-0.05, 0) is 17.5 Å². The predicted molar refractivity (Wildman–Crippen MR) is 77.6 cm³/mol. The van der Waals surface area contributed by atoms with Gasteiger partial charge in [0.15, 0.2) is 0 Å². The lowest BCUT2D eigenvalue weighted by molar-refractivity contribution is 0.213. The highest BCUT2D eigenvalue weighted by molar-refractivity contribution is 7.12. The Kier molecular flexibility index (Phi) is 3.38. The van der Waals surface area contributed by atoms with Gasteiger partial charge in [0.05, 0.1) is 6.54 Å². The van der Waals surface area contributed by atoms with Gasteiger partial charge in [-0.3, -0.25) is 15.6 Å². The van der Waals surface area contributed by atoms with Crippen LogP contribution < -0.4 is 5.32 Å². The molecule has 1 aromatic rings. The minimum absolute atomic E-state index is 0.0676. The van der Waals surface area contributed by atoms with Crippen molar-refractivity contribution < 1.29 is 4.79 Å². The molecule has 1 aromatic heterocycles. The maximum absolute atomic E-state index is 11.7. The summed E-state index contributed by atoms with van der Waals surface area (Å²) < 4.78 is 0. The lowest BCUT2D eigenvalue weighted by atomic mass is 9.95. The van der Waals surface area contributed by atoms with Crippen LogP contribution in [0.15, 0.2) is 12.1 Å². The lowest BCUT2D eigenvalue weighted by Crippen LogP contribution is -2.29. The Morgan fingerprint density at radius 2 is 2.21 bits per heavy atom. The first-order chi connectivity index (χ1) is 8.84. The maximum atomic E-state index is 11.7. The fraction of sp³-hybridized carbons (Fsp3) is 0.429. The van der Waals surface area contributed by atoms with Crippen LogP contribution in [-0.4, -0.2) is 23.3 Å². The molecule has 5 heteroatoms. The zero-order valence-corrected chi connectivity index (χ0v) is 12.1. The molecule has 0 bridgehead atoms. The second kappa shape index (κ2) is 4.71. The maximum Gasteiger partial charge on any atom is 0.324 e. The van der Waals surface area contributed by atoms with Crippen molar-refractivity contribution in [2.45, 2.75) is 32.2 Å². The summed E-state index contributed by atoms with van der Waals surface area (Å²) >= 11 is 1.63. The summed E-state index contributed by atoms with van der Waals surface area (Å²) in [6.07, 6.45) is 5.29. The van der Waals surface area contributed by atoms with Crippen LogP contribution in [0.3, 0.4) is 0 Å². The molecule has 1 aliphatic heterocycles. The van der Waals surface area contributed by atoms with Crippen LogP contribution in [0.5, 0.6) is 0 Å². The van der Waals surface area contributed by atoms with Crippen molar-refractivity contribution >= 4 is 23.2 Å². The topological polar surface area (TPSA) is 56.2 Å². The van der Waals surface area contributed by atoms with Gasteiger partial charge in [0.2, 0.25) is 0 Å². The van der Waals surface area contributed by atoms with Crippen molar-refractivity contribution in [3.63, 3.8) is 0 Å². The third-order valence-corrected chi connectivity index (χ3v) is 4.55. The number of nitrogens with one attached hydrogen (secondary N) is 2. The minimum atomic E-state index is -0.371. The van der Waals surface area contributed by atoms with Gasteiger partial charge in [-0.15, -0.1) is 17.8 Å². The minimum Gasteiger partial charge on any atom is -0.298 e. The molecule has 2 heterocycles. The van der Waals surface area contributed by atoms with Gasteiger partial charge in [0.25, 0.3) is 0 Å². The molecule has 1 atom stereocenters. The van der Waals surface area contributed by atoms with E-state index in [1.165, 1.54) is 9.78 Å². The number of carbonyl (C=O) groups is 1. The first kappa shape index (κ1) is 13.6. The Hall–Kier alpha value is -1.80. The molecule has 1 saturated heterocycles.